The Kier molecular flexibility index (Phi) is 6.42. The van der Waals surface area contributed by atoms with Crippen molar-refractivity contribution in [3.63, 3.8) is 0 Å². The van der Waals surface area contributed by atoms with Crippen LogP contribution < -0.4 is 4.72 Å². The van der Waals surface area contributed by atoms with E-state index in [9.17, 15) is 13.2 Å². The van der Waals surface area contributed by atoms with Gasteiger partial charge in [-0.1, -0.05) is 42.5 Å². The molecule has 0 atom stereocenters. The van der Waals surface area contributed by atoms with Gasteiger partial charge in [0.15, 0.2) is 5.78 Å². The van der Waals surface area contributed by atoms with Crippen LogP contribution in [0, 0.1) is 5.92 Å². The highest BCUT2D eigenvalue weighted by Crippen LogP contribution is 2.19. The molecule has 0 bridgehead atoms. The van der Waals surface area contributed by atoms with Gasteiger partial charge in [-0.05, 0) is 56.5 Å². The first-order valence-corrected chi connectivity index (χ1v) is 10.8. The number of nitrogens with one attached hydrogen (secondary N) is 1. The van der Waals surface area contributed by atoms with Gasteiger partial charge in [0.1, 0.15) is 0 Å². The van der Waals surface area contributed by atoms with Crippen LogP contribution in [0.2, 0.25) is 0 Å². The summed E-state index contributed by atoms with van der Waals surface area (Å²) in [6, 6.07) is 16.5. The Morgan fingerprint density at radius 1 is 1.04 bits per heavy atom. The third-order valence-electron chi connectivity index (χ3n) is 5.09. The van der Waals surface area contributed by atoms with Gasteiger partial charge in [0.2, 0.25) is 10.0 Å². The van der Waals surface area contributed by atoms with E-state index in [4.69, 9.17) is 0 Å². The smallest absolute Gasteiger partial charge is 0.240 e. The summed E-state index contributed by atoms with van der Waals surface area (Å²) in [6.07, 6.45) is 1.97. The summed E-state index contributed by atoms with van der Waals surface area (Å²) in [6.45, 7) is 4.83. The van der Waals surface area contributed by atoms with Crippen molar-refractivity contribution in [3.8, 4) is 0 Å². The molecule has 0 aliphatic carbocycles. The van der Waals surface area contributed by atoms with Crippen molar-refractivity contribution >= 4 is 15.8 Å². The van der Waals surface area contributed by atoms with E-state index in [1.165, 1.54) is 24.6 Å². The fraction of sp³-hybridized carbons (Fsp3) is 0.381. The third-order valence-corrected chi connectivity index (χ3v) is 6.53. The summed E-state index contributed by atoms with van der Waals surface area (Å²) in [5, 5.41) is 0. The van der Waals surface area contributed by atoms with Crippen LogP contribution in [0.25, 0.3) is 0 Å². The number of benzene rings is 2. The quantitative estimate of drug-likeness (QED) is 0.743. The van der Waals surface area contributed by atoms with Crippen LogP contribution >= 0.6 is 0 Å². The highest BCUT2D eigenvalue weighted by atomic mass is 32.2. The fourth-order valence-electron chi connectivity index (χ4n) is 3.37. The molecule has 1 saturated heterocycles. The molecule has 2 aromatic carbocycles. The number of nitrogens with zero attached hydrogens (tertiary/aromatic N) is 1. The molecule has 0 spiro atoms. The van der Waals surface area contributed by atoms with Crippen molar-refractivity contribution in [1.82, 2.24) is 9.62 Å². The molecular weight excluding hydrogens is 360 g/mol. The monoisotopic (exact) mass is 386 g/mol. The minimum Gasteiger partial charge on any atom is -0.299 e. The fourth-order valence-corrected chi connectivity index (χ4v) is 4.49. The Bertz CT molecular complexity index is 856. The lowest BCUT2D eigenvalue weighted by Gasteiger charge is -2.32. The predicted molar refractivity (Wildman–Crippen MR) is 106 cm³/mol. The molecule has 6 heteroatoms. The van der Waals surface area contributed by atoms with Crippen LogP contribution in [-0.4, -0.2) is 38.7 Å². The zero-order valence-corrected chi connectivity index (χ0v) is 16.4. The van der Waals surface area contributed by atoms with Gasteiger partial charge < -0.3 is 0 Å². The number of sulfonamides is 1. The number of ketones is 1. The molecule has 1 fully saturated rings. The topological polar surface area (TPSA) is 66.5 Å². The van der Waals surface area contributed by atoms with E-state index in [0.717, 1.165) is 32.5 Å². The largest absolute Gasteiger partial charge is 0.299 e. The zero-order valence-electron chi connectivity index (χ0n) is 15.6. The number of piperidine rings is 1. The maximum atomic E-state index is 12.5. The molecule has 3 rings (SSSR count). The Hall–Kier alpha value is -2.02. The van der Waals surface area contributed by atoms with Crippen molar-refractivity contribution in [2.45, 2.75) is 31.2 Å². The maximum Gasteiger partial charge on any atom is 0.240 e. The van der Waals surface area contributed by atoms with Crippen molar-refractivity contribution < 1.29 is 13.2 Å². The summed E-state index contributed by atoms with van der Waals surface area (Å²) >= 11 is 0. The number of rotatable bonds is 7. The van der Waals surface area contributed by atoms with Crippen molar-refractivity contribution in [2.75, 3.05) is 19.6 Å². The van der Waals surface area contributed by atoms with Crippen LogP contribution in [0.3, 0.4) is 0 Å². The molecular formula is C21H26N2O3S. The van der Waals surface area contributed by atoms with Gasteiger partial charge in [-0.2, -0.15) is 0 Å². The molecule has 0 aromatic heterocycles. The third kappa shape index (κ3) is 5.48. The second-order valence-electron chi connectivity index (χ2n) is 7.14. The standard InChI is InChI=1S/C21H26N2O3S/c1-17(24)20-7-9-21(10-8-20)27(25,26)22-15-18-11-13-23(14-12-18)16-19-5-3-2-4-6-19/h2-10,18,22H,11-16H2,1H3. The minimum atomic E-state index is -3.54. The molecule has 0 amide bonds. The summed E-state index contributed by atoms with van der Waals surface area (Å²) in [5.74, 6) is 0.275. The summed E-state index contributed by atoms with van der Waals surface area (Å²) in [5.41, 5.74) is 1.82. The van der Waals surface area contributed by atoms with E-state index in [2.05, 4.69) is 33.9 Å². The number of carbonyl (C=O) groups is 1. The first-order chi connectivity index (χ1) is 12.9. The molecule has 1 heterocycles. The summed E-state index contributed by atoms with van der Waals surface area (Å²) in [7, 11) is -3.54. The predicted octanol–water partition coefficient (Wildman–Crippen LogP) is 3.08. The van der Waals surface area contributed by atoms with E-state index in [-0.39, 0.29) is 10.7 Å². The maximum absolute atomic E-state index is 12.5. The van der Waals surface area contributed by atoms with Crippen molar-refractivity contribution in [1.29, 1.82) is 0 Å². The van der Waals surface area contributed by atoms with E-state index >= 15 is 0 Å². The lowest BCUT2D eigenvalue weighted by Crippen LogP contribution is -2.38. The molecule has 0 radical (unpaired) electrons. The number of carbonyl (C=O) groups excluding carboxylic acids is 1. The summed E-state index contributed by atoms with van der Waals surface area (Å²) in [4.78, 5) is 13.9. The lowest BCUT2D eigenvalue weighted by molar-refractivity contribution is 0.101. The van der Waals surface area contributed by atoms with Gasteiger partial charge >= 0.3 is 0 Å². The SMILES string of the molecule is CC(=O)c1ccc(S(=O)(=O)NCC2CCN(Cc3ccccc3)CC2)cc1. The second-order valence-corrected chi connectivity index (χ2v) is 8.90. The highest BCUT2D eigenvalue weighted by Gasteiger charge is 2.22. The molecule has 144 valence electrons. The van der Waals surface area contributed by atoms with Crippen LogP contribution in [0.4, 0.5) is 0 Å². The molecule has 1 aliphatic rings. The summed E-state index contributed by atoms with van der Waals surface area (Å²) < 4.78 is 27.6. The molecule has 5 nitrogen and oxygen atoms in total. The van der Waals surface area contributed by atoms with E-state index in [0.29, 0.717) is 18.0 Å². The van der Waals surface area contributed by atoms with Gasteiger partial charge in [-0.3, -0.25) is 9.69 Å². The van der Waals surface area contributed by atoms with Crippen molar-refractivity contribution in [3.05, 3.63) is 65.7 Å². The second kappa shape index (κ2) is 8.78. The molecule has 27 heavy (non-hydrogen) atoms. The van der Waals surface area contributed by atoms with Gasteiger partial charge in [-0.15, -0.1) is 0 Å². The Morgan fingerprint density at radius 3 is 2.26 bits per heavy atom. The Balaban J connectivity index is 1.48. The van der Waals surface area contributed by atoms with Gasteiger partial charge in [0.25, 0.3) is 0 Å². The molecule has 2 aromatic rings. The zero-order chi connectivity index (χ0) is 19.3. The molecule has 0 unspecified atom stereocenters. The lowest BCUT2D eigenvalue weighted by atomic mass is 9.97. The number of hydrogen-bond donors (Lipinski definition) is 1. The Morgan fingerprint density at radius 2 is 1.67 bits per heavy atom. The minimum absolute atomic E-state index is 0.0748. The first-order valence-electron chi connectivity index (χ1n) is 9.31. The van der Waals surface area contributed by atoms with Gasteiger partial charge in [0.05, 0.1) is 4.90 Å². The normalized spacial score (nSPS) is 16.3. The van der Waals surface area contributed by atoms with Crippen molar-refractivity contribution in [2.24, 2.45) is 5.92 Å². The number of Topliss-reactive ketones (excluding diaryl/α,β-unsaturated/α-hetero) is 1. The number of likely N-dealkylation sites (tertiary alicyclic amines) is 1. The van der Waals surface area contributed by atoms with Crippen LogP contribution in [0.15, 0.2) is 59.5 Å². The average Bonchev–Trinajstić information content (AvgIpc) is 2.68. The average molecular weight is 387 g/mol. The van der Waals surface area contributed by atoms with E-state index in [1.54, 1.807) is 12.1 Å². The van der Waals surface area contributed by atoms with Crippen LogP contribution in [0.5, 0.6) is 0 Å². The molecule has 1 N–H and O–H groups in total. The van der Waals surface area contributed by atoms with Gasteiger partial charge in [-0.25, -0.2) is 13.1 Å². The first kappa shape index (κ1) is 19.7. The highest BCUT2D eigenvalue weighted by molar-refractivity contribution is 7.89. The molecule has 1 aliphatic heterocycles. The number of hydrogen-bond acceptors (Lipinski definition) is 4. The van der Waals surface area contributed by atoms with Crippen LogP contribution in [0.1, 0.15) is 35.7 Å². The van der Waals surface area contributed by atoms with Gasteiger partial charge in [0, 0.05) is 18.7 Å². The van der Waals surface area contributed by atoms with E-state index in [1.807, 2.05) is 6.07 Å². The Labute approximate surface area is 161 Å². The van der Waals surface area contributed by atoms with Crippen LogP contribution in [-0.2, 0) is 16.6 Å². The van der Waals surface area contributed by atoms with E-state index < -0.39 is 10.0 Å². The molecule has 0 saturated carbocycles.